The molecule has 0 unspecified atom stereocenters. The van der Waals surface area contributed by atoms with Crippen LogP contribution in [0.3, 0.4) is 0 Å². The van der Waals surface area contributed by atoms with E-state index in [-0.39, 0.29) is 18.1 Å². The number of thioether (sulfide) groups is 1. The molecule has 3 heterocycles. The number of carbonyl (C=O) groups is 1. The van der Waals surface area contributed by atoms with Gasteiger partial charge in [0.05, 0.1) is 18.8 Å². The Hall–Kier alpha value is -1.95. The monoisotopic (exact) mass is 343 g/mol. The van der Waals surface area contributed by atoms with Crippen molar-refractivity contribution >= 4 is 17.7 Å². The Bertz CT molecular complexity index is 745. The third kappa shape index (κ3) is 3.02. The number of hydrogen-bond acceptors (Lipinski definition) is 4. The predicted octanol–water partition coefficient (Wildman–Crippen LogP) is 2.74. The van der Waals surface area contributed by atoms with E-state index in [4.69, 9.17) is 4.74 Å². The molecule has 0 radical (unpaired) electrons. The highest BCUT2D eigenvalue weighted by atomic mass is 32.2. The first-order valence-electron chi connectivity index (χ1n) is 8.39. The average Bonchev–Trinajstić information content (AvgIpc) is 3.23. The maximum Gasteiger partial charge on any atom is 0.264 e. The summed E-state index contributed by atoms with van der Waals surface area (Å²) in [5, 5.41) is 4.36. The number of rotatable bonds is 3. The molecular weight excluding hydrogens is 322 g/mol. The van der Waals surface area contributed by atoms with Gasteiger partial charge in [-0.2, -0.15) is 5.10 Å². The Kier molecular flexibility index (Phi) is 4.22. The quantitative estimate of drug-likeness (QED) is 0.860. The Morgan fingerprint density at radius 2 is 2.29 bits per heavy atom. The molecule has 4 rings (SSSR count). The number of likely N-dealkylation sites (tertiary alicyclic amines) is 1. The van der Waals surface area contributed by atoms with Crippen molar-refractivity contribution in [2.45, 2.75) is 43.4 Å². The molecule has 0 spiro atoms. The smallest absolute Gasteiger partial charge is 0.264 e. The zero-order valence-corrected chi connectivity index (χ0v) is 14.5. The lowest BCUT2D eigenvalue weighted by Gasteiger charge is -2.31. The third-order valence-corrected chi connectivity index (χ3v) is 5.72. The first kappa shape index (κ1) is 15.6. The second kappa shape index (κ2) is 6.51. The van der Waals surface area contributed by atoms with Gasteiger partial charge in [0.2, 0.25) is 0 Å². The average molecular weight is 343 g/mol. The highest BCUT2D eigenvalue weighted by molar-refractivity contribution is 7.99. The second-order valence-electron chi connectivity index (χ2n) is 6.43. The minimum absolute atomic E-state index is 0.114. The molecule has 6 heteroatoms. The van der Waals surface area contributed by atoms with Gasteiger partial charge < -0.3 is 9.64 Å². The van der Waals surface area contributed by atoms with Gasteiger partial charge in [-0.05, 0) is 37.5 Å². The van der Waals surface area contributed by atoms with Crippen LogP contribution >= 0.6 is 11.8 Å². The second-order valence-corrected chi connectivity index (χ2v) is 7.49. The van der Waals surface area contributed by atoms with E-state index >= 15 is 0 Å². The summed E-state index contributed by atoms with van der Waals surface area (Å²) in [6, 6.07) is 8.14. The Morgan fingerprint density at radius 1 is 1.42 bits per heavy atom. The first-order valence-corrected chi connectivity index (χ1v) is 9.37. The summed E-state index contributed by atoms with van der Waals surface area (Å²) in [5.74, 6) is 1.62. The molecule has 1 aromatic carbocycles. The number of aryl methyl sites for hydroxylation is 1. The number of benzene rings is 1. The van der Waals surface area contributed by atoms with Crippen LogP contribution in [0.1, 0.15) is 18.4 Å². The van der Waals surface area contributed by atoms with Crippen molar-refractivity contribution in [2.75, 3.05) is 12.3 Å². The van der Waals surface area contributed by atoms with Crippen LogP contribution < -0.4 is 4.74 Å². The predicted molar refractivity (Wildman–Crippen MR) is 93.3 cm³/mol. The molecule has 126 valence electrons. The SMILES string of the molecule is Cc1cnn(C[C@@H]2CCCN2C(=O)[C@H]2CSc3ccccc3O2)c1. The fourth-order valence-electron chi connectivity index (χ4n) is 3.42. The van der Waals surface area contributed by atoms with Crippen LogP contribution in [-0.2, 0) is 11.3 Å². The minimum Gasteiger partial charge on any atom is -0.479 e. The molecule has 0 saturated carbocycles. The van der Waals surface area contributed by atoms with Gasteiger partial charge in [0.1, 0.15) is 5.75 Å². The highest BCUT2D eigenvalue weighted by Crippen LogP contribution is 2.36. The molecule has 2 aromatic rings. The van der Waals surface area contributed by atoms with Crippen molar-refractivity contribution in [3.63, 3.8) is 0 Å². The first-order chi connectivity index (χ1) is 11.7. The number of fused-ring (bicyclic) bond motifs is 1. The van der Waals surface area contributed by atoms with Crippen molar-refractivity contribution in [1.29, 1.82) is 0 Å². The summed E-state index contributed by atoms with van der Waals surface area (Å²) in [7, 11) is 0. The molecule has 0 bridgehead atoms. The van der Waals surface area contributed by atoms with Gasteiger partial charge in [-0.15, -0.1) is 11.8 Å². The molecule has 2 aliphatic rings. The number of ether oxygens (including phenoxy) is 1. The van der Waals surface area contributed by atoms with Crippen LogP contribution in [0, 0.1) is 6.92 Å². The van der Waals surface area contributed by atoms with Crippen molar-refractivity contribution in [3.8, 4) is 5.75 Å². The summed E-state index contributed by atoms with van der Waals surface area (Å²) in [4.78, 5) is 16.1. The summed E-state index contributed by atoms with van der Waals surface area (Å²) in [6.45, 7) is 3.61. The Morgan fingerprint density at radius 3 is 3.12 bits per heavy atom. The summed E-state index contributed by atoms with van der Waals surface area (Å²) >= 11 is 1.70. The van der Waals surface area contributed by atoms with Crippen LogP contribution in [0.4, 0.5) is 0 Å². The lowest BCUT2D eigenvalue weighted by molar-refractivity contribution is -0.139. The van der Waals surface area contributed by atoms with Gasteiger partial charge in [-0.1, -0.05) is 12.1 Å². The number of nitrogens with zero attached hydrogens (tertiary/aromatic N) is 3. The number of para-hydroxylation sites is 1. The van der Waals surface area contributed by atoms with Gasteiger partial charge in [0, 0.05) is 23.4 Å². The maximum atomic E-state index is 13.0. The Labute approximate surface area is 146 Å². The topological polar surface area (TPSA) is 47.4 Å². The minimum atomic E-state index is -0.384. The largest absolute Gasteiger partial charge is 0.479 e. The van der Waals surface area contributed by atoms with E-state index in [1.54, 1.807) is 11.8 Å². The fraction of sp³-hybridized carbons (Fsp3) is 0.444. The molecule has 2 aliphatic heterocycles. The van der Waals surface area contributed by atoms with Crippen LogP contribution in [0.2, 0.25) is 0 Å². The van der Waals surface area contributed by atoms with E-state index in [2.05, 4.69) is 5.10 Å². The number of aromatic nitrogens is 2. The maximum absolute atomic E-state index is 13.0. The van der Waals surface area contributed by atoms with E-state index in [9.17, 15) is 4.79 Å². The number of carbonyl (C=O) groups excluding carboxylic acids is 1. The molecule has 24 heavy (non-hydrogen) atoms. The lowest BCUT2D eigenvalue weighted by Crippen LogP contribution is -2.47. The molecule has 1 saturated heterocycles. The van der Waals surface area contributed by atoms with Crippen molar-refractivity contribution in [3.05, 3.63) is 42.2 Å². The molecule has 2 atom stereocenters. The van der Waals surface area contributed by atoms with Gasteiger partial charge in [-0.3, -0.25) is 9.48 Å². The molecule has 0 N–H and O–H groups in total. The van der Waals surface area contributed by atoms with E-state index in [0.717, 1.165) is 42.1 Å². The van der Waals surface area contributed by atoms with Crippen LogP contribution in [0.5, 0.6) is 5.75 Å². The zero-order valence-electron chi connectivity index (χ0n) is 13.7. The van der Waals surface area contributed by atoms with Crippen molar-refractivity contribution < 1.29 is 9.53 Å². The van der Waals surface area contributed by atoms with Crippen molar-refractivity contribution in [2.24, 2.45) is 0 Å². The van der Waals surface area contributed by atoms with Gasteiger partial charge in [0.25, 0.3) is 5.91 Å². The van der Waals surface area contributed by atoms with Gasteiger partial charge in [0.15, 0.2) is 6.10 Å². The molecule has 0 aliphatic carbocycles. The molecule has 5 nitrogen and oxygen atoms in total. The highest BCUT2D eigenvalue weighted by Gasteiger charge is 2.36. The van der Waals surface area contributed by atoms with Crippen LogP contribution in [0.25, 0.3) is 0 Å². The molecular formula is C18H21N3O2S. The van der Waals surface area contributed by atoms with E-state index in [1.807, 2.05) is 53.2 Å². The van der Waals surface area contributed by atoms with Crippen LogP contribution in [0.15, 0.2) is 41.6 Å². The molecule has 1 amide bonds. The molecule has 1 aromatic heterocycles. The van der Waals surface area contributed by atoms with Crippen molar-refractivity contribution in [1.82, 2.24) is 14.7 Å². The summed E-state index contributed by atoms with van der Waals surface area (Å²) < 4.78 is 7.92. The van der Waals surface area contributed by atoms with Crippen LogP contribution in [-0.4, -0.2) is 45.0 Å². The van der Waals surface area contributed by atoms with E-state index < -0.39 is 0 Å². The zero-order chi connectivity index (χ0) is 16.5. The fourth-order valence-corrected chi connectivity index (χ4v) is 4.40. The summed E-state index contributed by atoms with van der Waals surface area (Å²) in [6.07, 6.45) is 5.59. The lowest BCUT2D eigenvalue weighted by atomic mass is 10.2. The van der Waals surface area contributed by atoms with Gasteiger partial charge in [-0.25, -0.2) is 0 Å². The van der Waals surface area contributed by atoms with Gasteiger partial charge >= 0.3 is 0 Å². The standard InChI is InChI=1S/C18H21N3O2S/c1-13-9-19-20(10-13)11-14-5-4-8-21(14)18(22)16-12-24-17-7-3-2-6-15(17)23-16/h2-3,6-7,9-10,14,16H,4-5,8,11-12H2,1H3/t14-,16+/m0/s1. The number of amides is 1. The van der Waals surface area contributed by atoms with E-state index in [1.165, 1.54) is 0 Å². The van der Waals surface area contributed by atoms with E-state index in [0.29, 0.717) is 5.75 Å². The normalized spacial score (nSPS) is 23.0. The summed E-state index contributed by atoms with van der Waals surface area (Å²) in [5.41, 5.74) is 1.15. The number of hydrogen-bond donors (Lipinski definition) is 0. The molecule has 1 fully saturated rings. The third-order valence-electron chi connectivity index (χ3n) is 4.60. The Balaban J connectivity index is 1.45.